The highest BCUT2D eigenvalue weighted by atomic mass is 19.1. The lowest BCUT2D eigenvalue weighted by Gasteiger charge is -2.20. The van der Waals surface area contributed by atoms with Crippen molar-refractivity contribution >= 4 is 5.69 Å². The predicted molar refractivity (Wildman–Crippen MR) is 63.1 cm³/mol. The molecule has 0 aliphatic carbocycles. The highest BCUT2D eigenvalue weighted by Crippen LogP contribution is 2.28. The molecule has 2 rings (SSSR count). The number of anilines is 1. The third-order valence-electron chi connectivity index (χ3n) is 3.32. The van der Waals surface area contributed by atoms with Gasteiger partial charge < -0.3 is 10.0 Å². The molecule has 1 aromatic rings. The molecular formula is C13H15FN2O. The fourth-order valence-corrected chi connectivity index (χ4v) is 2.23. The Labute approximate surface area is 100 Å². The van der Waals surface area contributed by atoms with Gasteiger partial charge in [-0.2, -0.15) is 5.26 Å². The Hall–Kier alpha value is -1.60. The Morgan fingerprint density at radius 3 is 2.88 bits per heavy atom. The summed E-state index contributed by atoms with van der Waals surface area (Å²) in [4.78, 5) is 1.92. The van der Waals surface area contributed by atoms with Crippen LogP contribution in [0.2, 0.25) is 0 Å². The number of aliphatic hydroxyl groups excluding tert-OH is 1. The third-order valence-corrected chi connectivity index (χ3v) is 3.32. The molecular weight excluding hydrogens is 219 g/mol. The largest absolute Gasteiger partial charge is 0.393 e. The van der Waals surface area contributed by atoms with Crippen LogP contribution in [0.5, 0.6) is 0 Å². The van der Waals surface area contributed by atoms with Gasteiger partial charge in [0.1, 0.15) is 5.82 Å². The second-order valence-corrected chi connectivity index (χ2v) is 4.51. The summed E-state index contributed by atoms with van der Waals surface area (Å²) < 4.78 is 13.8. The molecule has 0 saturated carbocycles. The molecule has 1 aliphatic heterocycles. The highest BCUT2D eigenvalue weighted by molar-refractivity contribution is 5.51. The van der Waals surface area contributed by atoms with Crippen LogP contribution >= 0.6 is 0 Å². The van der Waals surface area contributed by atoms with Crippen LogP contribution in [0.1, 0.15) is 18.9 Å². The van der Waals surface area contributed by atoms with Gasteiger partial charge in [0.15, 0.2) is 0 Å². The van der Waals surface area contributed by atoms with Gasteiger partial charge in [0.25, 0.3) is 0 Å². The number of nitriles is 1. The van der Waals surface area contributed by atoms with Crippen molar-refractivity contribution < 1.29 is 9.50 Å². The molecule has 1 saturated heterocycles. The van der Waals surface area contributed by atoms with Crippen molar-refractivity contribution in [3.63, 3.8) is 0 Å². The lowest BCUT2D eigenvalue weighted by molar-refractivity contribution is 0.136. The minimum absolute atomic E-state index is 0.199. The number of aliphatic hydroxyl groups is 1. The first-order valence-electron chi connectivity index (χ1n) is 5.74. The zero-order valence-electron chi connectivity index (χ0n) is 9.73. The molecule has 17 heavy (non-hydrogen) atoms. The van der Waals surface area contributed by atoms with E-state index in [-0.39, 0.29) is 17.8 Å². The summed E-state index contributed by atoms with van der Waals surface area (Å²) >= 11 is 0. The van der Waals surface area contributed by atoms with Crippen molar-refractivity contribution in [3.8, 4) is 6.07 Å². The van der Waals surface area contributed by atoms with Crippen LogP contribution in [0.3, 0.4) is 0 Å². The van der Waals surface area contributed by atoms with Gasteiger partial charge in [-0.1, -0.05) is 0 Å². The van der Waals surface area contributed by atoms with Crippen molar-refractivity contribution in [3.05, 3.63) is 29.6 Å². The average Bonchev–Trinajstić information content (AvgIpc) is 2.78. The van der Waals surface area contributed by atoms with Crippen LogP contribution in [0.25, 0.3) is 0 Å². The monoisotopic (exact) mass is 234 g/mol. The maximum Gasteiger partial charge on any atom is 0.147 e. The summed E-state index contributed by atoms with van der Waals surface area (Å²) in [5, 5.41) is 18.2. The fraction of sp³-hybridized carbons (Fsp3) is 0.462. The molecule has 90 valence electrons. The van der Waals surface area contributed by atoms with Crippen molar-refractivity contribution in [2.45, 2.75) is 19.4 Å². The number of hydrogen-bond donors (Lipinski definition) is 1. The molecule has 0 amide bonds. The summed E-state index contributed by atoms with van der Waals surface area (Å²) in [6, 6.07) is 6.43. The van der Waals surface area contributed by atoms with Crippen LogP contribution in [0.4, 0.5) is 10.1 Å². The smallest absolute Gasteiger partial charge is 0.147 e. The van der Waals surface area contributed by atoms with Gasteiger partial charge in [-0.15, -0.1) is 0 Å². The molecule has 1 fully saturated rings. The molecule has 1 N–H and O–H groups in total. The van der Waals surface area contributed by atoms with E-state index in [4.69, 9.17) is 5.26 Å². The first-order valence-corrected chi connectivity index (χ1v) is 5.74. The number of benzene rings is 1. The van der Waals surface area contributed by atoms with Gasteiger partial charge in [-0.05, 0) is 31.5 Å². The summed E-state index contributed by atoms with van der Waals surface area (Å²) in [6.07, 6.45) is 0.512. The van der Waals surface area contributed by atoms with Crippen molar-refractivity contribution in [2.24, 2.45) is 5.92 Å². The van der Waals surface area contributed by atoms with E-state index in [1.54, 1.807) is 19.1 Å². The van der Waals surface area contributed by atoms with Gasteiger partial charge in [0, 0.05) is 19.0 Å². The lowest BCUT2D eigenvalue weighted by Crippen LogP contribution is -2.24. The SMILES string of the molecule is CC(O)C1CCN(c2ccc(C#N)cc2F)C1. The second-order valence-electron chi connectivity index (χ2n) is 4.51. The van der Waals surface area contributed by atoms with E-state index in [0.717, 1.165) is 13.0 Å². The Morgan fingerprint density at radius 2 is 2.35 bits per heavy atom. The van der Waals surface area contributed by atoms with Crippen LogP contribution in [0, 0.1) is 23.1 Å². The van der Waals surface area contributed by atoms with Gasteiger partial charge in [-0.3, -0.25) is 0 Å². The Bertz CT molecular complexity index is 453. The first kappa shape index (κ1) is 11.9. The number of halogens is 1. The van der Waals surface area contributed by atoms with Gasteiger partial charge >= 0.3 is 0 Å². The van der Waals surface area contributed by atoms with E-state index in [2.05, 4.69) is 0 Å². The molecule has 2 atom stereocenters. The molecule has 1 heterocycles. The van der Waals surface area contributed by atoms with Crippen molar-refractivity contribution in [1.82, 2.24) is 0 Å². The van der Waals surface area contributed by atoms with Crippen molar-refractivity contribution in [1.29, 1.82) is 5.26 Å². The van der Waals surface area contributed by atoms with Gasteiger partial charge in [-0.25, -0.2) is 4.39 Å². The first-order chi connectivity index (χ1) is 8.11. The quantitative estimate of drug-likeness (QED) is 0.850. The fourth-order valence-electron chi connectivity index (χ4n) is 2.23. The minimum atomic E-state index is -0.365. The topological polar surface area (TPSA) is 47.3 Å². The Morgan fingerprint density at radius 1 is 1.59 bits per heavy atom. The average molecular weight is 234 g/mol. The van der Waals surface area contributed by atoms with Crippen molar-refractivity contribution in [2.75, 3.05) is 18.0 Å². The van der Waals surface area contributed by atoms with E-state index < -0.39 is 0 Å². The summed E-state index contributed by atoms with van der Waals surface area (Å²) in [6.45, 7) is 3.18. The molecule has 1 aromatic carbocycles. The Balaban J connectivity index is 2.17. The molecule has 0 spiro atoms. The predicted octanol–water partition coefficient (Wildman–Crippen LogP) is 1.90. The maximum atomic E-state index is 13.8. The molecule has 0 bridgehead atoms. The molecule has 0 radical (unpaired) electrons. The zero-order chi connectivity index (χ0) is 12.4. The van der Waals surface area contributed by atoms with Crippen LogP contribution in [-0.4, -0.2) is 24.3 Å². The van der Waals surface area contributed by atoms with E-state index in [0.29, 0.717) is 17.8 Å². The van der Waals surface area contributed by atoms with Crippen LogP contribution in [0.15, 0.2) is 18.2 Å². The van der Waals surface area contributed by atoms with E-state index in [1.165, 1.54) is 6.07 Å². The van der Waals surface area contributed by atoms with E-state index >= 15 is 0 Å². The van der Waals surface area contributed by atoms with E-state index in [1.807, 2.05) is 11.0 Å². The standard InChI is InChI=1S/C13H15FN2O/c1-9(17)11-4-5-16(8-11)13-3-2-10(7-15)6-12(13)14/h2-3,6,9,11,17H,4-5,8H2,1H3. The molecule has 1 aliphatic rings. The molecule has 4 heteroatoms. The summed E-state index contributed by atoms with van der Waals surface area (Å²) in [5.74, 6) is -0.166. The normalized spacial score (nSPS) is 21.3. The van der Waals surface area contributed by atoms with E-state index in [9.17, 15) is 9.50 Å². The second kappa shape index (κ2) is 4.72. The number of rotatable bonds is 2. The minimum Gasteiger partial charge on any atom is -0.393 e. The van der Waals surface area contributed by atoms with Crippen LogP contribution in [-0.2, 0) is 0 Å². The molecule has 0 aromatic heterocycles. The molecule has 3 nitrogen and oxygen atoms in total. The lowest BCUT2D eigenvalue weighted by atomic mass is 10.0. The Kier molecular flexibility index (Phi) is 3.30. The zero-order valence-corrected chi connectivity index (χ0v) is 9.73. The number of nitrogens with zero attached hydrogens (tertiary/aromatic N) is 2. The summed E-state index contributed by atoms with van der Waals surface area (Å²) in [5.41, 5.74) is 0.852. The van der Waals surface area contributed by atoms with Gasteiger partial charge in [0.05, 0.1) is 23.4 Å². The van der Waals surface area contributed by atoms with Crippen LogP contribution < -0.4 is 4.90 Å². The number of hydrogen-bond acceptors (Lipinski definition) is 3. The van der Waals surface area contributed by atoms with Gasteiger partial charge in [0.2, 0.25) is 0 Å². The third kappa shape index (κ3) is 2.40. The summed E-state index contributed by atoms with van der Waals surface area (Å²) in [7, 11) is 0. The molecule has 2 unspecified atom stereocenters. The maximum absolute atomic E-state index is 13.8. The highest BCUT2D eigenvalue weighted by Gasteiger charge is 2.27.